The van der Waals surface area contributed by atoms with Gasteiger partial charge in [0, 0.05) is 22.1 Å². The zero-order chi connectivity index (χ0) is 11.6. The van der Waals surface area contributed by atoms with Crippen molar-refractivity contribution in [3.63, 3.8) is 0 Å². The lowest BCUT2D eigenvalue weighted by Crippen LogP contribution is -2.02. The molecule has 0 fully saturated rings. The molecule has 1 aromatic rings. The molecule has 4 nitrogen and oxygen atoms in total. The molecule has 0 aliphatic carbocycles. The van der Waals surface area contributed by atoms with E-state index in [1.165, 1.54) is 12.1 Å². The van der Waals surface area contributed by atoms with Gasteiger partial charge in [-0.15, -0.1) is 12.6 Å². The fraction of sp³-hybridized carbons (Fsp3) is 0.125. The first-order valence-corrected chi connectivity index (χ1v) is 6.56. The highest BCUT2D eigenvalue weighted by atomic mass is 35.7. The summed E-state index contributed by atoms with van der Waals surface area (Å²) in [6, 6.07) is 4.35. The van der Waals surface area contributed by atoms with E-state index in [2.05, 4.69) is 12.6 Å². The van der Waals surface area contributed by atoms with Gasteiger partial charge in [0.15, 0.2) is 0 Å². The molecule has 1 rings (SSSR count). The van der Waals surface area contributed by atoms with Gasteiger partial charge in [-0.2, -0.15) is 5.26 Å². The molecule has 7 heteroatoms. The Labute approximate surface area is 97.5 Å². The lowest BCUT2D eigenvalue weighted by Gasteiger charge is -2.06. The van der Waals surface area contributed by atoms with Crippen molar-refractivity contribution >= 4 is 32.4 Å². The summed E-state index contributed by atoms with van der Waals surface area (Å²) in [6.45, 7) is 0.177. The Morgan fingerprint density at radius 3 is 2.53 bits per heavy atom. The number of benzene rings is 1. The van der Waals surface area contributed by atoms with Gasteiger partial charge in [-0.25, -0.2) is 8.42 Å². The second-order valence-corrected chi connectivity index (χ2v) is 5.75. The zero-order valence-electron chi connectivity index (χ0n) is 7.44. The van der Waals surface area contributed by atoms with Gasteiger partial charge in [0.25, 0.3) is 9.05 Å². The Kier molecular flexibility index (Phi) is 3.62. The number of nitrogens with two attached hydrogens (primary N) is 1. The zero-order valence-corrected chi connectivity index (χ0v) is 9.90. The van der Waals surface area contributed by atoms with Crippen molar-refractivity contribution in [1.82, 2.24) is 0 Å². The highest BCUT2D eigenvalue weighted by Crippen LogP contribution is 2.25. The van der Waals surface area contributed by atoms with Crippen LogP contribution in [-0.4, -0.2) is 8.42 Å². The van der Waals surface area contributed by atoms with Crippen LogP contribution in [0.3, 0.4) is 0 Å². The maximum atomic E-state index is 11.1. The summed E-state index contributed by atoms with van der Waals surface area (Å²) in [4.78, 5) is 0.157. The van der Waals surface area contributed by atoms with Gasteiger partial charge in [-0.1, -0.05) is 0 Å². The fourth-order valence-electron chi connectivity index (χ4n) is 1.07. The third-order valence-corrected chi connectivity index (χ3v) is 3.56. The van der Waals surface area contributed by atoms with Gasteiger partial charge >= 0.3 is 0 Å². The quantitative estimate of drug-likeness (QED) is 0.620. The molecule has 80 valence electrons. The van der Waals surface area contributed by atoms with E-state index in [9.17, 15) is 8.42 Å². The molecule has 0 amide bonds. The Bertz CT molecular complexity index is 534. The fourth-order valence-corrected chi connectivity index (χ4v) is 2.45. The molecule has 1 aromatic carbocycles. The summed E-state index contributed by atoms with van der Waals surface area (Å²) in [5, 5.41) is 8.75. The molecule has 0 spiro atoms. The molecule has 0 saturated carbocycles. The first-order valence-electron chi connectivity index (χ1n) is 3.81. The summed E-state index contributed by atoms with van der Waals surface area (Å²) in [5.74, 6) is 0. The highest BCUT2D eigenvalue weighted by Gasteiger charge is 2.17. The average Bonchev–Trinajstić information content (AvgIpc) is 2.16. The van der Waals surface area contributed by atoms with Crippen LogP contribution in [-0.2, 0) is 15.6 Å². The number of rotatable bonds is 2. The first kappa shape index (κ1) is 12.3. The van der Waals surface area contributed by atoms with Crippen LogP contribution in [0.1, 0.15) is 11.1 Å². The molecular formula is C8H7ClN2O2S2. The Morgan fingerprint density at radius 2 is 2.13 bits per heavy atom. The number of thiol groups is 1. The lowest BCUT2D eigenvalue weighted by atomic mass is 10.1. The second kappa shape index (κ2) is 4.41. The van der Waals surface area contributed by atoms with Crippen molar-refractivity contribution in [2.75, 3.05) is 0 Å². The summed E-state index contributed by atoms with van der Waals surface area (Å²) in [6.07, 6.45) is 0. The number of nitriles is 1. The first-order chi connectivity index (χ1) is 6.90. The van der Waals surface area contributed by atoms with Crippen molar-refractivity contribution in [2.45, 2.75) is 16.3 Å². The van der Waals surface area contributed by atoms with Crippen LogP contribution in [0, 0.1) is 11.3 Å². The van der Waals surface area contributed by atoms with Crippen molar-refractivity contribution in [1.29, 1.82) is 5.26 Å². The van der Waals surface area contributed by atoms with E-state index in [4.69, 9.17) is 21.7 Å². The van der Waals surface area contributed by atoms with Crippen molar-refractivity contribution in [3.8, 4) is 6.07 Å². The molecule has 0 bridgehead atoms. The van der Waals surface area contributed by atoms with Crippen LogP contribution in [0.4, 0.5) is 0 Å². The van der Waals surface area contributed by atoms with E-state index in [-0.39, 0.29) is 17.0 Å². The minimum Gasteiger partial charge on any atom is -0.326 e. The Hall–Kier alpha value is -0.740. The molecule has 15 heavy (non-hydrogen) atoms. The Balaban J connectivity index is 3.57. The number of halogens is 1. The minimum atomic E-state index is -3.93. The monoisotopic (exact) mass is 262 g/mol. The van der Waals surface area contributed by atoms with E-state index in [0.717, 1.165) is 0 Å². The molecule has 0 aromatic heterocycles. The molecule has 0 radical (unpaired) electrons. The minimum absolute atomic E-state index is 0.0248. The molecular weight excluding hydrogens is 256 g/mol. The summed E-state index contributed by atoms with van der Waals surface area (Å²) >= 11 is 4.05. The van der Waals surface area contributed by atoms with Gasteiger partial charge in [-0.05, 0) is 17.7 Å². The smallest absolute Gasteiger partial charge is 0.262 e. The molecule has 0 atom stereocenters. The molecule has 0 aliphatic rings. The van der Waals surface area contributed by atoms with Crippen LogP contribution in [0.5, 0.6) is 0 Å². The second-order valence-electron chi connectivity index (χ2n) is 2.73. The number of nitrogens with zero attached hydrogens (tertiary/aromatic N) is 1. The highest BCUT2D eigenvalue weighted by molar-refractivity contribution is 8.13. The maximum Gasteiger partial charge on any atom is 0.262 e. The van der Waals surface area contributed by atoms with Gasteiger partial charge in [0.05, 0.1) is 5.56 Å². The normalized spacial score (nSPS) is 11.1. The van der Waals surface area contributed by atoms with Gasteiger partial charge < -0.3 is 5.73 Å². The van der Waals surface area contributed by atoms with E-state index in [1.54, 1.807) is 6.07 Å². The van der Waals surface area contributed by atoms with Crippen LogP contribution in [0.2, 0.25) is 0 Å². The predicted molar refractivity (Wildman–Crippen MR) is 59.3 cm³/mol. The number of hydrogen-bond acceptors (Lipinski definition) is 5. The van der Waals surface area contributed by atoms with Crippen molar-refractivity contribution < 1.29 is 8.42 Å². The van der Waals surface area contributed by atoms with E-state index < -0.39 is 9.05 Å². The molecule has 2 N–H and O–H groups in total. The largest absolute Gasteiger partial charge is 0.326 e. The van der Waals surface area contributed by atoms with Gasteiger partial charge in [-0.3, -0.25) is 0 Å². The third kappa shape index (κ3) is 2.63. The summed E-state index contributed by atoms with van der Waals surface area (Å²) < 4.78 is 22.2. The Morgan fingerprint density at radius 1 is 1.53 bits per heavy atom. The van der Waals surface area contributed by atoms with E-state index in [0.29, 0.717) is 10.5 Å². The lowest BCUT2D eigenvalue weighted by molar-refractivity contribution is 0.609. The van der Waals surface area contributed by atoms with Gasteiger partial charge in [0.1, 0.15) is 11.0 Å². The SMILES string of the molecule is N#Cc1cc(CN)c(S)cc1S(=O)(=O)Cl. The van der Waals surface area contributed by atoms with Crippen LogP contribution in [0.25, 0.3) is 0 Å². The summed E-state index contributed by atoms with van der Waals surface area (Å²) in [7, 11) is 1.23. The predicted octanol–water partition coefficient (Wildman–Crippen LogP) is 1.23. The van der Waals surface area contributed by atoms with E-state index >= 15 is 0 Å². The van der Waals surface area contributed by atoms with Crippen LogP contribution in [0.15, 0.2) is 21.9 Å². The van der Waals surface area contributed by atoms with Crippen LogP contribution >= 0.6 is 23.3 Å². The van der Waals surface area contributed by atoms with Crippen molar-refractivity contribution in [2.24, 2.45) is 5.73 Å². The standard InChI is InChI=1S/C8H7ClN2O2S2/c9-15(12,13)8-2-7(14)5(3-10)1-6(8)4-11/h1-2,14H,3,10H2. The average molecular weight is 263 g/mol. The van der Waals surface area contributed by atoms with Gasteiger partial charge in [0.2, 0.25) is 0 Å². The molecule has 0 heterocycles. The number of hydrogen-bond donors (Lipinski definition) is 2. The molecule has 0 saturated heterocycles. The van der Waals surface area contributed by atoms with E-state index in [1.807, 2.05) is 0 Å². The molecule has 0 aliphatic heterocycles. The maximum absolute atomic E-state index is 11.1. The third-order valence-electron chi connectivity index (χ3n) is 1.78. The van der Waals surface area contributed by atoms with Crippen LogP contribution < -0.4 is 5.73 Å². The topological polar surface area (TPSA) is 83.9 Å². The van der Waals surface area contributed by atoms with Crippen molar-refractivity contribution in [3.05, 3.63) is 23.3 Å². The molecule has 0 unspecified atom stereocenters. The summed E-state index contributed by atoms with van der Waals surface area (Å²) in [5.41, 5.74) is 5.96.